The first-order chi connectivity index (χ1) is 8.49. The van der Waals surface area contributed by atoms with Gasteiger partial charge in [-0.1, -0.05) is 6.07 Å². The van der Waals surface area contributed by atoms with Crippen molar-refractivity contribution >= 4 is 0 Å². The van der Waals surface area contributed by atoms with Gasteiger partial charge in [0.2, 0.25) is 0 Å². The molecular weight excluding hydrogens is 231 g/mol. The third-order valence-corrected chi connectivity index (χ3v) is 3.82. The molecular formula is C14H21FN2O. The van der Waals surface area contributed by atoms with Gasteiger partial charge in [-0.2, -0.15) is 0 Å². The number of nitrogens with zero attached hydrogens (tertiary/aromatic N) is 2. The van der Waals surface area contributed by atoms with Crippen LogP contribution in [-0.4, -0.2) is 54.7 Å². The minimum Gasteiger partial charge on any atom is -0.387 e. The maximum Gasteiger partial charge on any atom is 0.123 e. The second-order valence-corrected chi connectivity index (χ2v) is 5.26. The molecule has 0 aliphatic carbocycles. The first-order valence-corrected chi connectivity index (χ1v) is 6.32. The molecule has 1 saturated heterocycles. The van der Waals surface area contributed by atoms with E-state index in [1.165, 1.54) is 12.1 Å². The van der Waals surface area contributed by atoms with Crippen LogP contribution in [0.25, 0.3) is 0 Å². The van der Waals surface area contributed by atoms with Gasteiger partial charge < -0.3 is 10.0 Å². The lowest BCUT2D eigenvalue weighted by molar-refractivity contribution is 0.0134. The van der Waals surface area contributed by atoms with Gasteiger partial charge in [0.1, 0.15) is 5.82 Å². The van der Waals surface area contributed by atoms with Gasteiger partial charge in [-0.05, 0) is 44.3 Å². The molecule has 2 atom stereocenters. The van der Waals surface area contributed by atoms with Crippen molar-refractivity contribution in [3.63, 3.8) is 0 Å². The summed E-state index contributed by atoms with van der Waals surface area (Å²) in [7, 11) is 4.06. The van der Waals surface area contributed by atoms with Crippen LogP contribution in [0.4, 0.5) is 4.39 Å². The molecule has 18 heavy (non-hydrogen) atoms. The molecule has 100 valence electrons. The first-order valence-electron chi connectivity index (χ1n) is 6.32. The van der Waals surface area contributed by atoms with Crippen molar-refractivity contribution in [3.05, 3.63) is 35.1 Å². The SMILES string of the molecule is Cc1ccc(F)cc1C(O)C1CN(C)CCN1C. The predicted octanol–water partition coefficient (Wildman–Crippen LogP) is 1.41. The Morgan fingerprint density at radius 2 is 2.06 bits per heavy atom. The number of halogens is 1. The Kier molecular flexibility index (Phi) is 4.00. The summed E-state index contributed by atoms with van der Waals surface area (Å²) in [4.78, 5) is 4.34. The molecule has 1 N–H and O–H groups in total. The van der Waals surface area contributed by atoms with Crippen molar-refractivity contribution in [2.24, 2.45) is 0 Å². The summed E-state index contributed by atoms with van der Waals surface area (Å²) < 4.78 is 13.3. The van der Waals surface area contributed by atoms with E-state index in [9.17, 15) is 9.50 Å². The highest BCUT2D eigenvalue weighted by Crippen LogP contribution is 2.26. The molecule has 1 aliphatic rings. The fraction of sp³-hybridized carbons (Fsp3) is 0.571. The van der Waals surface area contributed by atoms with Crippen LogP contribution in [0.5, 0.6) is 0 Å². The summed E-state index contributed by atoms with van der Waals surface area (Å²) in [5, 5.41) is 10.5. The summed E-state index contributed by atoms with van der Waals surface area (Å²) in [5.41, 5.74) is 1.63. The standard InChI is InChI=1S/C14H21FN2O/c1-10-4-5-11(15)8-12(10)14(18)13-9-16(2)6-7-17(13)3/h4-5,8,13-14,18H,6-7,9H2,1-3H3. The van der Waals surface area contributed by atoms with Crippen molar-refractivity contribution in [3.8, 4) is 0 Å². The van der Waals surface area contributed by atoms with Gasteiger partial charge in [0.05, 0.1) is 12.1 Å². The summed E-state index contributed by atoms with van der Waals surface area (Å²) in [6.45, 7) is 4.63. The zero-order valence-electron chi connectivity index (χ0n) is 11.2. The van der Waals surface area contributed by atoms with E-state index in [1.807, 2.05) is 21.0 Å². The molecule has 0 bridgehead atoms. The number of aryl methyl sites for hydroxylation is 1. The lowest BCUT2D eigenvalue weighted by Crippen LogP contribution is -2.52. The average molecular weight is 252 g/mol. The fourth-order valence-electron chi connectivity index (χ4n) is 2.52. The molecule has 1 aromatic carbocycles. The predicted molar refractivity (Wildman–Crippen MR) is 70.0 cm³/mol. The molecule has 0 radical (unpaired) electrons. The summed E-state index contributed by atoms with van der Waals surface area (Å²) in [6.07, 6.45) is -0.645. The summed E-state index contributed by atoms with van der Waals surface area (Å²) in [6, 6.07) is 4.62. The maximum absolute atomic E-state index is 13.3. The van der Waals surface area contributed by atoms with E-state index in [-0.39, 0.29) is 11.9 Å². The highest BCUT2D eigenvalue weighted by atomic mass is 19.1. The number of hydrogen-bond donors (Lipinski definition) is 1. The van der Waals surface area contributed by atoms with Gasteiger partial charge in [-0.25, -0.2) is 4.39 Å². The Bertz CT molecular complexity index is 424. The third kappa shape index (κ3) is 2.71. The van der Waals surface area contributed by atoms with E-state index in [0.717, 1.165) is 25.2 Å². The van der Waals surface area contributed by atoms with E-state index in [4.69, 9.17) is 0 Å². The molecule has 1 aliphatic heterocycles. The maximum atomic E-state index is 13.3. The first kappa shape index (κ1) is 13.5. The topological polar surface area (TPSA) is 26.7 Å². The molecule has 0 spiro atoms. The monoisotopic (exact) mass is 252 g/mol. The van der Waals surface area contributed by atoms with Crippen LogP contribution in [-0.2, 0) is 0 Å². The van der Waals surface area contributed by atoms with Crippen LogP contribution in [0.2, 0.25) is 0 Å². The molecule has 3 nitrogen and oxygen atoms in total. The van der Waals surface area contributed by atoms with Gasteiger partial charge in [0.15, 0.2) is 0 Å². The van der Waals surface area contributed by atoms with Crippen molar-refractivity contribution in [2.75, 3.05) is 33.7 Å². The van der Waals surface area contributed by atoms with Crippen LogP contribution < -0.4 is 0 Å². The average Bonchev–Trinajstić information content (AvgIpc) is 2.34. The number of aliphatic hydroxyl groups is 1. The van der Waals surface area contributed by atoms with E-state index >= 15 is 0 Å². The fourth-order valence-corrected chi connectivity index (χ4v) is 2.52. The molecule has 1 heterocycles. The lowest BCUT2D eigenvalue weighted by Gasteiger charge is -2.40. The highest BCUT2D eigenvalue weighted by molar-refractivity contribution is 5.29. The number of rotatable bonds is 2. The van der Waals surface area contributed by atoms with Crippen molar-refractivity contribution in [1.29, 1.82) is 0 Å². The molecule has 0 aromatic heterocycles. The zero-order valence-corrected chi connectivity index (χ0v) is 11.2. The van der Waals surface area contributed by atoms with Gasteiger partial charge in [-0.15, -0.1) is 0 Å². The number of benzene rings is 1. The van der Waals surface area contributed by atoms with Crippen molar-refractivity contribution in [2.45, 2.75) is 19.1 Å². The van der Waals surface area contributed by atoms with Crippen molar-refractivity contribution in [1.82, 2.24) is 9.80 Å². The lowest BCUT2D eigenvalue weighted by atomic mass is 9.95. The van der Waals surface area contributed by atoms with Crippen LogP contribution in [0.3, 0.4) is 0 Å². The van der Waals surface area contributed by atoms with Gasteiger partial charge in [0, 0.05) is 19.6 Å². The third-order valence-electron chi connectivity index (χ3n) is 3.82. The van der Waals surface area contributed by atoms with E-state index in [1.54, 1.807) is 6.07 Å². The van der Waals surface area contributed by atoms with Crippen LogP contribution in [0.15, 0.2) is 18.2 Å². The Balaban J connectivity index is 2.23. The quantitative estimate of drug-likeness (QED) is 0.862. The summed E-state index contributed by atoms with van der Waals surface area (Å²) >= 11 is 0. The zero-order chi connectivity index (χ0) is 13.3. The minimum absolute atomic E-state index is 0.0178. The molecule has 1 fully saturated rings. The van der Waals surface area contributed by atoms with E-state index in [0.29, 0.717) is 5.56 Å². The van der Waals surface area contributed by atoms with Crippen LogP contribution in [0.1, 0.15) is 17.2 Å². The van der Waals surface area contributed by atoms with Crippen molar-refractivity contribution < 1.29 is 9.50 Å². The van der Waals surface area contributed by atoms with Gasteiger partial charge in [0.25, 0.3) is 0 Å². The van der Waals surface area contributed by atoms with E-state index < -0.39 is 6.10 Å². The number of aliphatic hydroxyl groups excluding tert-OH is 1. The number of hydrogen-bond acceptors (Lipinski definition) is 3. The Labute approximate surface area is 108 Å². The van der Waals surface area contributed by atoms with Gasteiger partial charge in [-0.3, -0.25) is 4.90 Å². The largest absolute Gasteiger partial charge is 0.387 e. The Hall–Kier alpha value is -0.970. The van der Waals surface area contributed by atoms with Gasteiger partial charge >= 0.3 is 0 Å². The minimum atomic E-state index is -0.645. The molecule has 0 amide bonds. The second kappa shape index (κ2) is 5.34. The molecule has 2 unspecified atom stereocenters. The van der Waals surface area contributed by atoms with E-state index in [2.05, 4.69) is 9.80 Å². The molecule has 0 saturated carbocycles. The highest BCUT2D eigenvalue weighted by Gasteiger charge is 2.30. The molecule has 4 heteroatoms. The van der Waals surface area contributed by atoms with Crippen LogP contribution >= 0.6 is 0 Å². The summed E-state index contributed by atoms with van der Waals surface area (Å²) in [5.74, 6) is -0.290. The second-order valence-electron chi connectivity index (χ2n) is 5.26. The Morgan fingerprint density at radius 1 is 1.33 bits per heavy atom. The molecule has 1 aromatic rings. The molecule has 2 rings (SSSR count). The number of piperazine rings is 1. The van der Waals surface area contributed by atoms with Crippen LogP contribution in [0, 0.1) is 12.7 Å². The Morgan fingerprint density at radius 3 is 2.78 bits per heavy atom. The smallest absolute Gasteiger partial charge is 0.123 e. The number of likely N-dealkylation sites (N-methyl/N-ethyl adjacent to an activating group) is 2. The normalized spacial score (nSPS) is 24.2.